The Bertz CT molecular complexity index is 343. The molecule has 0 radical (unpaired) electrons. The molecule has 0 atom stereocenters. The van der Waals surface area contributed by atoms with E-state index in [4.69, 9.17) is 0 Å². The Balaban J connectivity index is 3.37. The molecule has 0 N–H and O–H groups in total. The van der Waals surface area contributed by atoms with Gasteiger partial charge in [-0.25, -0.2) is 0 Å². The van der Waals surface area contributed by atoms with E-state index in [9.17, 15) is 10.1 Å². The third-order valence-corrected chi connectivity index (χ3v) is 3.06. The molecule has 0 fully saturated rings. The largest absolute Gasteiger partial charge is 0.284 e. The summed E-state index contributed by atoms with van der Waals surface area (Å²) in [6.45, 7) is 0. The summed E-state index contributed by atoms with van der Waals surface area (Å²) in [6.07, 6.45) is 0. The van der Waals surface area contributed by atoms with Crippen molar-refractivity contribution in [3.8, 4) is 0 Å². The molecule has 1 rings (SSSR count). The highest BCUT2D eigenvalue weighted by molar-refractivity contribution is 9.11. The van der Waals surface area contributed by atoms with Crippen molar-refractivity contribution in [2.45, 2.75) is 4.90 Å². The lowest BCUT2D eigenvalue weighted by Gasteiger charge is -1.99. The molecular weight excluding hydrogens is 310 g/mol. The van der Waals surface area contributed by atoms with Crippen LogP contribution in [0.15, 0.2) is 26.0 Å². The van der Waals surface area contributed by atoms with E-state index in [-0.39, 0.29) is 5.69 Å². The highest BCUT2D eigenvalue weighted by Crippen LogP contribution is 2.33. The third-order valence-electron chi connectivity index (χ3n) is 1.20. The molecule has 0 unspecified atom stereocenters. The normalized spacial score (nSPS) is 9.92. The van der Waals surface area contributed by atoms with Gasteiger partial charge >= 0.3 is 0 Å². The first-order chi connectivity index (χ1) is 5.52. The SMILES string of the molecule is O=[N+]([O-])c1cc(Br)cc(Br)c1S. The second-order valence-corrected chi connectivity index (χ2v) is 4.23. The van der Waals surface area contributed by atoms with Gasteiger partial charge < -0.3 is 0 Å². The van der Waals surface area contributed by atoms with Crippen molar-refractivity contribution in [1.29, 1.82) is 0 Å². The van der Waals surface area contributed by atoms with Crippen LogP contribution in [0, 0.1) is 10.1 Å². The van der Waals surface area contributed by atoms with Gasteiger partial charge in [0.15, 0.2) is 0 Å². The number of benzene rings is 1. The van der Waals surface area contributed by atoms with Crippen LogP contribution in [-0.2, 0) is 0 Å². The molecule has 6 heteroatoms. The predicted octanol–water partition coefficient (Wildman–Crippen LogP) is 3.41. The number of nitro benzene ring substituents is 1. The van der Waals surface area contributed by atoms with Crippen molar-refractivity contribution in [2.24, 2.45) is 0 Å². The molecular formula is C6H3Br2NO2S. The Morgan fingerprint density at radius 3 is 2.50 bits per heavy atom. The molecule has 0 spiro atoms. The second-order valence-electron chi connectivity index (χ2n) is 2.01. The highest BCUT2D eigenvalue weighted by Gasteiger charge is 2.14. The standard InChI is InChI=1S/C6H3Br2NO2S/c7-3-1-4(8)6(12)5(2-3)9(10)11/h1-2,12H. The molecule has 3 nitrogen and oxygen atoms in total. The van der Waals surface area contributed by atoms with Crippen LogP contribution >= 0.6 is 44.5 Å². The Morgan fingerprint density at radius 1 is 1.42 bits per heavy atom. The van der Waals surface area contributed by atoms with Crippen LogP contribution in [0.5, 0.6) is 0 Å². The molecule has 0 aliphatic rings. The Morgan fingerprint density at radius 2 is 2.00 bits per heavy atom. The van der Waals surface area contributed by atoms with Crippen LogP contribution in [0.25, 0.3) is 0 Å². The Labute approximate surface area is 91.0 Å². The van der Waals surface area contributed by atoms with E-state index in [0.29, 0.717) is 13.8 Å². The maximum Gasteiger partial charge on any atom is 0.284 e. The van der Waals surface area contributed by atoms with Crippen LogP contribution in [0.4, 0.5) is 5.69 Å². The first-order valence-electron chi connectivity index (χ1n) is 2.85. The van der Waals surface area contributed by atoms with Crippen molar-refractivity contribution in [3.63, 3.8) is 0 Å². The van der Waals surface area contributed by atoms with E-state index in [1.807, 2.05) is 0 Å². The highest BCUT2D eigenvalue weighted by atomic mass is 79.9. The second kappa shape index (κ2) is 3.76. The van der Waals surface area contributed by atoms with Crippen molar-refractivity contribution in [3.05, 3.63) is 31.2 Å². The molecule has 0 saturated carbocycles. The third kappa shape index (κ3) is 1.99. The van der Waals surface area contributed by atoms with Crippen LogP contribution in [0.1, 0.15) is 0 Å². The smallest absolute Gasteiger partial charge is 0.258 e. The van der Waals surface area contributed by atoms with Crippen molar-refractivity contribution >= 4 is 50.2 Å². The molecule has 0 saturated heterocycles. The summed E-state index contributed by atoms with van der Waals surface area (Å²) in [5, 5.41) is 10.4. The molecule has 1 aromatic carbocycles. The van der Waals surface area contributed by atoms with Gasteiger partial charge in [0, 0.05) is 15.0 Å². The molecule has 0 aromatic heterocycles. The zero-order valence-electron chi connectivity index (χ0n) is 5.62. The van der Waals surface area contributed by atoms with Crippen LogP contribution < -0.4 is 0 Å². The van der Waals surface area contributed by atoms with Gasteiger partial charge in [-0.1, -0.05) is 15.9 Å². The summed E-state index contributed by atoms with van der Waals surface area (Å²) in [7, 11) is 0. The molecule has 0 aliphatic heterocycles. The lowest BCUT2D eigenvalue weighted by Crippen LogP contribution is -1.90. The number of thiol groups is 1. The van der Waals surface area contributed by atoms with Gasteiger partial charge in [-0.15, -0.1) is 12.6 Å². The summed E-state index contributed by atoms with van der Waals surface area (Å²) in [6, 6.07) is 3.11. The number of hydrogen-bond donors (Lipinski definition) is 1. The minimum Gasteiger partial charge on any atom is -0.258 e. The van der Waals surface area contributed by atoms with Gasteiger partial charge in [0.25, 0.3) is 5.69 Å². The number of hydrogen-bond acceptors (Lipinski definition) is 3. The molecule has 0 heterocycles. The molecule has 64 valence electrons. The van der Waals surface area contributed by atoms with Gasteiger partial charge in [0.1, 0.15) is 0 Å². The zero-order valence-corrected chi connectivity index (χ0v) is 9.69. The van der Waals surface area contributed by atoms with E-state index < -0.39 is 4.92 Å². The van der Waals surface area contributed by atoms with Gasteiger partial charge in [0.2, 0.25) is 0 Å². The van der Waals surface area contributed by atoms with Crippen molar-refractivity contribution in [2.75, 3.05) is 0 Å². The fraction of sp³-hybridized carbons (Fsp3) is 0. The maximum atomic E-state index is 10.4. The van der Waals surface area contributed by atoms with Gasteiger partial charge in [0.05, 0.1) is 9.82 Å². The average molecular weight is 313 g/mol. The zero-order chi connectivity index (χ0) is 9.30. The number of rotatable bonds is 1. The predicted molar refractivity (Wildman–Crippen MR) is 55.7 cm³/mol. The molecule has 0 bridgehead atoms. The molecule has 0 amide bonds. The Kier molecular flexibility index (Phi) is 3.14. The van der Waals surface area contributed by atoms with Gasteiger partial charge in [-0.05, 0) is 22.0 Å². The summed E-state index contributed by atoms with van der Waals surface area (Å²) in [5.41, 5.74) is -0.0143. The van der Waals surface area contributed by atoms with Crippen LogP contribution in [-0.4, -0.2) is 4.92 Å². The monoisotopic (exact) mass is 311 g/mol. The van der Waals surface area contributed by atoms with E-state index in [2.05, 4.69) is 44.5 Å². The van der Waals surface area contributed by atoms with Crippen LogP contribution in [0.3, 0.4) is 0 Å². The molecule has 0 aliphatic carbocycles. The number of nitrogens with zero attached hydrogens (tertiary/aromatic N) is 1. The molecule has 12 heavy (non-hydrogen) atoms. The number of halogens is 2. The van der Waals surface area contributed by atoms with Gasteiger partial charge in [-0.3, -0.25) is 10.1 Å². The quantitative estimate of drug-likeness (QED) is 0.490. The lowest BCUT2D eigenvalue weighted by molar-refractivity contribution is -0.387. The van der Waals surface area contributed by atoms with Gasteiger partial charge in [-0.2, -0.15) is 0 Å². The Hall–Kier alpha value is -0.0700. The summed E-state index contributed by atoms with van der Waals surface area (Å²) in [4.78, 5) is 10.3. The first-order valence-corrected chi connectivity index (χ1v) is 4.88. The van der Waals surface area contributed by atoms with Crippen molar-refractivity contribution < 1.29 is 4.92 Å². The van der Waals surface area contributed by atoms with E-state index in [1.165, 1.54) is 6.07 Å². The fourth-order valence-corrected chi connectivity index (χ4v) is 2.11. The average Bonchev–Trinajstić information content (AvgIpc) is 1.96. The number of nitro groups is 1. The lowest BCUT2D eigenvalue weighted by atomic mass is 10.3. The fourth-order valence-electron chi connectivity index (χ4n) is 0.692. The van der Waals surface area contributed by atoms with E-state index in [1.54, 1.807) is 6.07 Å². The van der Waals surface area contributed by atoms with Crippen LogP contribution in [0.2, 0.25) is 0 Å². The summed E-state index contributed by atoms with van der Waals surface area (Å²) >= 11 is 10.3. The maximum absolute atomic E-state index is 10.4. The van der Waals surface area contributed by atoms with E-state index >= 15 is 0 Å². The first kappa shape index (κ1) is 10.0. The summed E-state index contributed by atoms with van der Waals surface area (Å²) in [5.74, 6) is 0. The minimum atomic E-state index is -0.474. The van der Waals surface area contributed by atoms with E-state index in [0.717, 1.165) is 0 Å². The van der Waals surface area contributed by atoms with Crippen molar-refractivity contribution in [1.82, 2.24) is 0 Å². The minimum absolute atomic E-state index is 0.0143. The molecule has 1 aromatic rings. The topological polar surface area (TPSA) is 43.1 Å². The summed E-state index contributed by atoms with van der Waals surface area (Å²) < 4.78 is 1.26.